The topological polar surface area (TPSA) is 70.1 Å². The molecule has 5 nitrogen and oxygen atoms in total. The molecule has 0 aliphatic rings. The van der Waals surface area contributed by atoms with Crippen molar-refractivity contribution >= 4 is 22.5 Å². The van der Waals surface area contributed by atoms with Gasteiger partial charge in [0.25, 0.3) is 5.91 Å². The fourth-order valence-electron chi connectivity index (χ4n) is 2.82. The van der Waals surface area contributed by atoms with Gasteiger partial charge in [0.05, 0.1) is 11.3 Å². The number of para-hydroxylation sites is 1. The van der Waals surface area contributed by atoms with Crippen LogP contribution >= 0.6 is 0 Å². The molecule has 2 aromatic heterocycles. The molecule has 126 valence electrons. The minimum absolute atomic E-state index is 0.264. The van der Waals surface area contributed by atoms with Gasteiger partial charge in [0, 0.05) is 40.6 Å². The number of benzene rings is 2. The summed E-state index contributed by atoms with van der Waals surface area (Å²) < 4.78 is 0. The summed E-state index contributed by atoms with van der Waals surface area (Å²) in [5, 5.41) is 5.25. The zero-order valence-corrected chi connectivity index (χ0v) is 13.9. The summed E-state index contributed by atoms with van der Waals surface area (Å²) in [4.78, 5) is 19.9. The maximum absolute atomic E-state index is 12.6. The largest absolute Gasteiger partial charge is 0.360 e. The van der Waals surface area contributed by atoms with E-state index in [0.717, 1.165) is 22.0 Å². The third-order valence-corrected chi connectivity index (χ3v) is 4.09. The summed E-state index contributed by atoms with van der Waals surface area (Å²) in [6.07, 6.45) is 5.13. The van der Waals surface area contributed by atoms with Crippen LogP contribution in [-0.4, -0.2) is 21.6 Å². The molecule has 0 radical (unpaired) electrons. The van der Waals surface area contributed by atoms with Gasteiger partial charge in [-0.15, -0.1) is 0 Å². The van der Waals surface area contributed by atoms with E-state index in [4.69, 9.17) is 0 Å². The molecule has 4 aromatic rings. The Bertz CT molecular complexity index is 1030. The van der Waals surface area contributed by atoms with Crippen LogP contribution in [0.4, 0.5) is 0 Å². The van der Waals surface area contributed by atoms with Crippen LogP contribution in [0.2, 0.25) is 0 Å². The molecule has 0 saturated heterocycles. The van der Waals surface area contributed by atoms with Gasteiger partial charge >= 0.3 is 0 Å². The quantitative estimate of drug-likeness (QED) is 0.439. The average Bonchev–Trinajstić information content (AvgIpc) is 3.14. The van der Waals surface area contributed by atoms with Gasteiger partial charge in [-0.1, -0.05) is 48.5 Å². The van der Waals surface area contributed by atoms with E-state index in [1.54, 1.807) is 18.6 Å². The smallest absolute Gasteiger partial charge is 0.273 e. The predicted molar refractivity (Wildman–Crippen MR) is 102 cm³/mol. The number of rotatable bonds is 4. The van der Waals surface area contributed by atoms with Crippen molar-refractivity contribution in [3.8, 4) is 0 Å². The lowest BCUT2D eigenvalue weighted by Gasteiger charge is -2.07. The number of aromatic nitrogens is 2. The van der Waals surface area contributed by atoms with Crippen LogP contribution in [0, 0.1) is 0 Å². The molecule has 0 bridgehead atoms. The Labute approximate surface area is 150 Å². The number of nitrogens with one attached hydrogen (secondary N) is 2. The Kier molecular flexibility index (Phi) is 4.26. The lowest BCUT2D eigenvalue weighted by atomic mass is 10.0. The summed E-state index contributed by atoms with van der Waals surface area (Å²) in [5.41, 5.74) is 6.54. The molecule has 0 atom stereocenters. The second-order valence-electron chi connectivity index (χ2n) is 5.76. The first-order chi connectivity index (χ1) is 12.8. The monoisotopic (exact) mass is 340 g/mol. The molecule has 0 spiro atoms. The summed E-state index contributed by atoms with van der Waals surface area (Å²) in [5.74, 6) is -0.264. The van der Waals surface area contributed by atoms with Gasteiger partial charge in [0.2, 0.25) is 0 Å². The molecule has 5 heteroatoms. The van der Waals surface area contributed by atoms with E-state index in [2.05, 4.69) is 20.5 Å². The maximum Gasteiger partial charge on any atom is 0.273 e. The van der Waals surface area contributed by atoms with E-state index in [9.17, 15) is 4.79 Å². The number of amides is 1. The van der Waals surface area contributed by atoms with Gasteiger partial charge in [-0.3, -0.25) is 9.78 Å². The van der Waals surface area contributed by atoms with Gasteiger partial charge in [0.1, 0.15) is 0 Å². The minimum atomic E-state index is -0.264. The Morgan fingerprint density at radius 1 is 0.923 bits per heavy atom. The fraction of sp³-hybridized carbons (Fsp3) is 0. The summed E-state index contributed by atoms with van der Waals surface area (Å²) >= 11 is 0. The van der Waals surface area contributed by atoms with E-state index < -0.39 is 0 Å². The zero-order valence-electron chi connectivity index (χ0n) is 13.9. The Morgan fingerprint density at radius 3 is 2.50 bits per heavy atom. The maximum atomic E-state index is 12.6. The molecule has 4 rings (SSSR count). The second kappa shape index (κ2) is 7.03. The molecule has 0 fully saturated rings. The molecule has 2 N–H and O–H groups in total. The molecule has 2 aromatic carbocycles. The number of nitrogens with zero attached hydrogens (tertiary/aromatic N) is 2. The molecule has 26 heavy (non-hydrogen) atoms. The van der Waals surface area contributed by atoms with Crippen LogP contribution in [0.25, 0.3) is 10.9 Å². The van der Waals surface area contributed by atoms with Gasteiger partial charge in [-0.2, -0.15) is 5.10 Å². The molecule has 0 unspecified atom stereocenters. The highest BCUT2D eigenvalue weighted by Crippen LogP contribution is 2.17. The summed E-state index contributed by atoms with van der Waals surface area (Å²) in [6, 6.07) is 21.1. The molecule has 1 amide bonds. The van der Waals surface area contributed by atoms with Crippen molar-refractivity contribution in [3.05, 3.63) is 102 Å². The Morgan fingerprint density at radius 2 is 1.69 bits per heavy atom. The van der Waals surface area contributed by atoms with Crippen LogP contribution in [0.15, 0.2) is 90.4 Å². The van der Waals surface area contributed by atoms with E-state index >= 15 is 0 Å². The average molecular weight is 340 g/mol. The van der Waals surface area contributed by atoms with Crippen molar-refractivity contribution in [1.29, 1.82) is 0 Å². The lowest BCUT2D eigenvalue weighted by molar-refractivity contribution is 0.0956. The SMILES string of the molecule is O=C(N/N=C(\c1ccccc1)c1cccnc1)c1c[nH]c2ccccc12. The van der Waals surface area contributed by atoms with Crippen LogP contribution in [0.3, 0.4) is 0 Å². The highest BCUT2D eigenvalue weighted by atomic mass is 16.2. The molecular formula is C21H16N4O. The number of fused-ring (bicyclic) bond motifs is 1. The third kappa shape index (κ3) is 3.10. The highest BCUT2D eigenvalue weighted by Gasteiger charge is 2.12. The van der Waals surface area contributed by atoms with Crippen LogP contribution in [0.5, 0.6) is 0 Å². The molecule has 0 aliphatic carbocycles. The number of hydrazone groups is 1. The van der Waals surface area contributed by atoms with E-state index in [1.807, 2.05) is 66.7 Å². The van der Waals surface area contributed by atoms with Crippen LogP contribution < -0.4 is 5.43 Å². The molecule has 2 heterocycles. The van der Waals surface area contributed by atoms with E-state index in [0.29, 0.717) is 11.3 Å². The van der Waals surface area contributed by atoms with Crippen molar-refractivity contribution in [2.75, 3.05) is 0 Å². The van der Waals surface area contributed by atoms with Gasteiger partial charge in [-0.05, 0) is 18.2 Å². The van der Waals surface area contributed by atoms with Gasteiger partial charge in [-0.25, -0.2) is 5.43 Å². The fourth-order valence-corrected chi connectivity index (χ4v) is 2.82. The molecule has 0 saturated carbocycles. The highest BCUT2D eigenvalue weighted by molar-refractivity contribution is 6.13. The van der Waals surface area contributed by atoms with Crippen molar-refractivity contribution in [3.63, 3.8) is 0 Å². The van der Waals surface area contributed by atoms with Crippen molar-refractivity contribution in [2.24, 2.45) is 5.10 Å². The summed E-state index contributed by atoms with van der Waals surface area (Å²) in [6.45, 7) is 0. The van der Waals surface area contributed by atoms with Gasteiger partial charge in [0.15, 0.2) is 0 Å². The minimum Gasteiger partial charge on any atom is -0.360 e. The first kappa shape index (κ1) is 15.8. The normalized spacial score (nSPS) is 11.5. The predicted octanol–water partition coefficient (Wildman–Crippen LogP) is 3.75. The molecule has 0 aliphatic heterocycles. The first-order valence-electron chi connectivity index (χ1n) is 8.23. The Balaban J connectivity index is 1.68. The lowest BCUT2D eigenvalue weighted by Crippen LogP contribution is -2.20. The van der Waals surface area contributed by atoms with Gasteiger partial charge < -0.3 is 4.98 Å². The van der Waals surface area contributed by atoms with Crippen molar-refractivity contribution in [1.82, 2.24) is 15.4 Å². The third-order valence-electron chi connectivity index (χ3n) is 4.09. The summed E-state index contributed by atoms with van der Waals surface area (Å²) in [7, 11) is 0. The number of hydrogen-bond acceptors (Lipinski definition) is 3. The standard InChI is InChI=1S/C21H16N4O/c26-21(18-14-23-19-11-5-4-10-17(18)19)25-24-20(15-7-2-1-3-8-15)16-9-6-12-22-13-16/h1-14,23H,(H,25,26)/b24-20+. The number of hydrogen-bond donors (Lipinski definition) is 2. The van der Waals surface area contributed by atoms with Crippen LogP contribution in [0.1, 0.15) is 21.5 Å². The number of carbonyl (C=O) groups excluding carboxylic acids is 1. The number of aromatic amines is 1. The van der Waals surface area contributed by atoms with Crippen molar-refractivity contribution in [2.45, 2.75) is 0 Å². The second-order valence-corrected chi connectivity index (χ2v) is 5.76. The number of carbonyl (C=O) groups is 1. The zero-order chi connectivity index (χ0) is 17.8. The Hall–Kier alpha value is -3.73. The number of pyridine rings is 1. The number of H-pyrrole nitrogens is 1. The van der Waals surface area contributed by atoms with E-state index in [-0.39, 0.29) is 5.91 Å². The first-order valence-corrected chi connectivity index (χ1v) is 8.23. The van der Waals surface area contributed by atoms with Crippen molar-refractivity contribution < 1.29 is 4.79 Å². The van der Waals surface area contributed by atoms with Crippen LogP contribution in [-0.2, 0) is 0 Å². The molecular weight excluding hydrogens is 324 g/mol. The van der Waals surface area contributed by atoms with E-state index in [1.165, 1.54) is 0 Å².